The number of halogens is 2. The highest BCUT2D eigenvalue weighted by Gasteiger charge is 2.28. The maximum atomic E-state index is 14.2. The molecule has 1 aromatic rings. The van der Waals surface area contributed by atoms with Crippen LogP contribution >= 0.6 is 0 Å². The van der Waals surface area contributed by atoms with Crippen molar-refractivity contribution in [2.45, 2.75) is 60.2 Å². The molecule has 0 fully saturated rings. The Labute approximate surface area is 197 Å². The molecule has 0 radical (unpaired) electrons. The molecular weight excluding hydrogens is 420 g/mol. The molecule has 0 N–H and O–H groups in total. The molecule has 2 rings (SSSR count). The van der Waals surface area contributed by atoms with E-state index in [-0.39, 0.29) is 24.1 Å². The lowest BCUT2D eigenvalue weighted by Crippen LogP contribution is -2.13. The lowest BCUT2D eigenvalue weighted by molar-refractivity contribution is 0.317. The van der Waals surface area contributed by atoms with Gasteiger partial charge in [0.1, 0.15) is 30.4 Å². The normalized spacial score (nSPS) is 17.8. The van der Waals surface area contributed by atoms with Crippen LogP contribution in [0.2, 0.25) is 0 Å². The summed E-state index contributed by atoms with van der Waals surface area (Å²) in [4.78, 5) is 4.37. The SMILES string of the molecule is C=C(/C=C\C(=C/C)c1ccc(OCCC)cc1)C1COC(/C(=C(F)/C=C\C)C(C)F)=N1.CC. The minimum atomic E-state index is -1.53. The second kappa shape index (κ2) is 15.0. The second-order valence-electron chi connectivity index (χ2n) is 7.16. The Balaban J connectivity index is 0.00000265. The lowest BCUT2D eigenvalue weighted by atomic mass is 10.0. The summed E-state index contributed by atoms with van der Waals surface area (Å²) in [7, 11) is 0. The minimum absolute atomic E-state index is 0.000856. The van der Waals surface area contributed by atoms with E-state index in [9.17, 15) is 8.78 Å². The molecule has 0 aromatic heterocycles. The van der Waals surface area contributed by atoms with E-state index in [0.717, 1.165) is 23.3 Å². The highest BCUT2D eigenvalue weighted by Crippen LogP contribution is 2.25. The van der Waals surface area contributed by atoms with Crippen molar-refractivity contribution in [3.05, 3.63) is 83.8 Å². The average Bonchev–Trinajstić information content (AvgIpc) is 3.29. The van der Waals surface area contributed by atoms with Crippen LogP contribution in [0.25, 0.3) is 5.57 Å². The van der Waals surface area contributed by atoms with Crippen molar-refractivity contribution >= 4 is 11.5 Å². The number of allylic oxidation sites excluding steroid dienone is 6. The van der Waals surface area contributed by atoms with E-state index in [1.807, 2.05) is 63.3 Å². The summed E-state index contributed by atoms with van der Waals surface area (Å²) in [6, 6.07) is 7.52. The zero-order valence-electron chi connectivity index (χ0n) is 20.7. The number of hydrogen-bond acceptors (Lipinski definition) is 3. The van der Waals surface area contributed by atoms with Crippen molar-refractivity contribution < 1.29 is 18.3 Å². The molecule has 5 heteroatoms. The summed E-state index contributed by atoms with van der Waals surface area (Å²) in [5, 5.41) is 0. The number of hydrogen-bond donors (Lipinski definition) is 0. The van der Waals surface area contributed by atoms with E-state index in [1.54, 1.807) is 6.92 Å². The van der Waals surface area contributed by atoms with Gasteiger partial charge in [-0.05, 0) is 62.1 Å². The Morgan fingerprint density at radius 2 is 1.88 bits per heavy atom. The van der Waals surface area contributed by atoms with Crippen molar-refractivity contribution in [2.75, 3.05) is 13.2 Å². The summed E-state index contributed by atoms with van der Waals surface area (Å²) < 4.78 is 39.3. The van der Waals surface area contributed by atoms with E-state index >= 15 is 0 Å². The van der Waals surface area contributed by atoms with Crippen molar-refractivity contribution in [1.29, 1.82) is 0 Å². The molecule has 0 saturated heterocycles. The summed E-state index contributed by atoms with van der Waals surface area (Å²) in [6.45, 7) is 15.9. The Hall–Kier alpha value is -2.95. The van der Waals surface area contributed by atoms with Crippen LogP contribution in [0.4, 0.5) is 8.78 Å². The van der Waals surface area contributed by atoms with Gasteiger partial charge < -0.3 is 9.47 Å². The van der Waals surface area contributed by atoms with Gasteiger partial charge in [-0.25, -0.2) is 13.8 Å². The van der Waals surface area contributed by atoms with Crippen molar-refractivity contribution in [3.63, 3.8) is 0 Å². The fraction of sp³-hybridized carbons (Fsp3) is 0.393. The van der Waals surface area contributed by atoms with E-state index < -0.39 is 12.0 Å². The first kappa shape index (κ1) is 28.1. The number of nitrogens with zero attached hydrogens (tertiary/aromatic N) is 1. The molecule has 0 bridgehead atoms. The van der Waals surface area contributed by atoms with Gasteiger partial charge in [-0.3, -0.25) is 0 Å². The topological polar surface area (TPSA) is 30.8 Å². The zero-order chi connectivity index (χ0) is 24.8. The van der Waals surface area contributed by atoms with Gasteiger partial charge >= 0.3 is 0 Å². The molecule has 1 heterocycles. The van der Waals surface area contributed by atoms with Gasteiger partial charge in [0, 0.05) is 0 Å². The highest BCUT2D eigenvalue weighted by molar-refractivity contribution is 5.96. The van der Waals surface area contributed by atoms with E-state index in [1.165, 1.54) is 19.1 Å². The molecule has 3 nitrogen and oxygen atoms in total. The smallest absolute Gasteiger partial charge is 0.218 e. The maximum Gasteiger partial charge on any atom is 0.218 e. The van der Waals surface area contributed by atoms with Gasteiger partial charge in [-0.1, -0.05) is 63.8 Å². The quantitative estimate of drug-likeness (QED) is 0.334. The van der Waals surface area contributed by atoms with Gasteiger partial charge in [0.15, 0.2) is 0 Å². The molecule has 1 aliphatic heterocycles. The molecule has 0 amide bonds. The minimum Gasteiger partial charge on any atom is -0.494 e. The lowest BCUT2D eigenvalue weighted by Gasteiger charge is -2.08. The van der Waals surface area contributed by atoms with Crippen LogP contribution in [-0.2, 0) is 4.74 Å². The van der Waals surface area contributed by atoms with E-state index in [4.69, 9.17) is 9.47 Å². The molecule has 0 spiro atoms. The molecule has 0 aliphatic carbocycles. The molecule has 2 atom stereocenters. The van der Waals surface area contributed by atoms with E-state index in [2.05, 4.69) is 18.5 Å². The Kier molecular flexibility index (Phi) is 12.8. The number of aliphatic imine (C=N–C) groups is 1. The van der Waals surface area contributed by atoms with Crippen LogP contribution in [0.3, 0.4) is 0 Å². The van der Waals surface area contributed by atoms with Gasteiger partial charge in [0.05, 0.1) is 12.2 Å². The summed E-state index contributed by atoms with van der Waals surface area (Å²) in [6.07, 6.45) is 7.96. The number of benzene rings is 1. The van der Waals surface area contributed by atoms with Crippen LogP contribution in [0.1, 0.15) is 53.5 Å². The molecule has 1 aromatic carbocycles. The Morgan fingerprint density at radius 3 is 2.42 bits per heavy atom. The third-order valence-corrected chi connectivity index (χ3v) is 4.73. The molecule has 180 valence electrons. The Bertz CT molecular complexity index is 906. The predicted octanol–water partition coefficient (Wildman–Crippen LogP) is 7.97. The average molecular weight is 458 g/mol. The first-order valence-electron chi connectivity index (χ1n) is 11.5. The number of rotatable bonds is 10. The molecule has 0 saturated carbocycles. The number of alkyl halides is 1. The molecule has 33 heavy (non-hydrogen) atoms. The van der Waals surface area contributed by atoms with Crippen LogP contribution in [-0.4, -0.2) is 31.3 Å². The molecule has 2 unspecified atom stereocenters. The van der Waals surface area contributed by atoms with Crippen molar-refractivity contribution in [1.82, 2.24) is 0 Å². The van der Waals surface area contributed by atoms with Crippen molar-refractivity contribution in [3.8, 4) is 5.75 Å². The second-order valence-corrected chi connectivity index (χ2v) is 7.16. The third kappa shape index (κ3) is 8.49. The summed E-state index contributed by atoms with van der Waals surface area (Å²) in [5.74, 6) is 0.162. The van der Waals surface area contributed by atoms with Crippen LogP contribution in [0, 0.1) is 0 Å². The predicted molar refractivity (Wildman–Crippen MR) is 136 cm³/mol. The van der Waals surface area contributed by atoms with Crippen LogP contribution in [0.5, 0.6) is 5.75 Å². The number of ether oxygens (including phenoxy) is 2. The largest absolute Gasteiger partial charge is 0.494 e. The fourth-order valence-corrected chi connectivity index (χ4v) is 3.04. The monoisotopic (exact) mass is 457 g/mol. The standard InChI is InChI=1S/C26H31F2NO2.C2H6/c1-6-9-23(28)25(19(5)27)26-29-24(17-31-26)18(4)10-11-20(8-3)21-12-14-22(15-13-21)30-16-7-2;1-2/h6,8-15,19,24H,4,7,16-17H2,1-3,5H3;1-2H3/b9-6-,11-10-,20-8+,25-23-;. The summed E-state index contributed by atoms with van der Waals surface area (Å²) >= 11 is 0. The van der Waals surface area contributed by atoms with Crippen molar-refractivity contribution in [2.24, 2.45) is 4.99 Å². The summed E-state index contributed by atoms with van der Waals surface area (Å²) in [5.41, 5.74) is 2.60. The van der Waals surface area contributed by atoms with Gasteiger partial charge in [0.2, 0.25) is 5.90 Å². The zero-order valence-corrected chi connectivity index (χ0v) is 20.7. The third-order valence-electron chi connectivity index (χ3n) is 4.73. The Morgan fingerprint density at radius 1 is 1.21 bits per heavy atom. The molecule has 1 aliphatic rings. The maximum absolute atomic E-state index is 14.2. The van der Waals surface area contributed by atoms with Gasteiger partial charge in [-0.2, -0.15) is 0 Å². The van der Waals surface area contributed by atoms with Crippen LogP contribution < -0.4 is 4.74 Å². The highest BCUT2D eigenvalue weighted by atomic mass is 19.1. The van der Waals surface area contributed by atoms with Crippen LogP contribution in [0.15, 0.2) is 83.2 Å². The van der Waals surface area contributed by atoms with Gasteiger partial charge in [-0.15, -0.1) is 0 Å². The molecular formula is C28H37F2NO2. The fourth-order valence-electron chi connectivity index (χ4n) is 3.04. The van der Waals surface area contributed by atoms with Gasteiger partial charge in [0.25, 0.3) is 0 Å². The van der Waals surface area contributed by atoms with E-state index in [0.29, 0.717) is 12.2 Å². The first-order chi connectivity index (χ1) is 15.9. The first-order valence-corrected chi connectivity index (χ1v) is 11.5.